The zero-order valence-electron chi connectivity index (χ0n) is 25.8. The van der Waals surface area contributed by atoms with Crippen LogP contribution in [0.2, 0.25) is 0 Å². The fourth-order valence-corrected chi connectivity index (χ4v) is 7.71. The van der Waals surface area contributed by atoms with E-state index in [1.54, 1.807) is 0 Å². The Hall–Kier alpha value is -5.34. The van der Waals surface area contributed by atoms with Gasteiger partial charge in [-0.3, -0.25) is 0 Å². The molecule has 0 saturated heterocycles. The first-order valence-corrected chi connectivity index (χ1v) is 16.6. The highest BCUT2D eigenvalue weighted by Gasteiger charge is 2.22. The monoisotopic (exact) mass is 593 g/mol. The van der Waals surface area contributed by atoms with Crippen molar-refractivity contribution in [1.82, 2.24) is 0 Å². The average molecular weight is 594 g/mol. The van der Waals surface area contributed by atoms with Crippen molar-refractivity contribution in [2.24, 2.45) is 0 Å². The van der Waals surface area contributed by atoms with E-state index in [1.165, 1.54) is 70.3 Å². The van der Waals surface area contributed by atoms with E-state index >= 15 is 0 Å². The molecule has 1 aliphatic rings. The summed E-state index contributed by atoms with van der Waals surface area (Å²) in [6, 6.07) is 53.2. The van der Waals surface area contributed by atoms with Gasteiger partial charge in [0.1, 0.15) is 11.2 Å². The van der Waals surface area contributed by atoms with Gasteiger partial charge in [0.05, 0.1) is 5.69 Å². The molecule has 2 heteroatoms. The summed E-state index contributed by atoms with van der Waals surface area (Å²) in [6.07, 6.45) is 6.63. The fourth-order valence-electron chi connectivity index (χ4n) is 7.71. The third-order valence-corrected chi connectivity index (χ3v) is 10.0. The Labute approximate surface area is 269 Å². The third-order valence-electron chi connectivity index (χ3n) is 10.0. The lowest BCUT2D eigenvalue weighted by atomic mass is 9.84. The summed E-state index contributed by atoms with van der Waals surface area (Å²) in [5, 5.41) is 7.25. The molecule has 1 aliphatic carbocycles. The first-order valence-electron chi connectivity index (χ1n) is 16.6. The number of rotatable bonds is 5. The highest BCUT2D eigenvalue weighted by Crippen LogP contribution is 2.46. The van der Waals surface area contributed by atoms with Gasteiger partial charge in [0.15, 0.2) is 0 Å². The topological polar surface area (TPSA) is 16.4 Å². The van der Waals surface area contributed by atoms with Crippen LogP contribution in [-0.4, -0.2) is 0 Å². The van der Waals surface area contributed by atoms with Gasteiger partial charge in [-0.15, -0.1) is 0 Å². The molecule has 1 heterocycles. The lowest BCUT2D eigenvalue weighted by Crippen LogP contribution is -2.12. The number of hydrogen-bond acceptors (Lipinski definition) is 2. The summed E-state index contributed by atoms with van der Waals surface area (Å²) in [7, 11) is 0. The van der Waals surface area contributed by atoms with Crippen molar-refractivity contribution in [2.75, 3.05) is 4.90 Å². The second kappa shape index (κ2) is 11.2. The number of anilines is 3. The molecule has 1 aromatic heterocycles. The minimum absolute atomic E-state index is 0.664. The van der Waals surface area contributed by atoms with E-state index in [0.717, 1.165) is 39.0 Å². The Morgan fingerprint density at radius 2 is 1.15 bits per heavy atom. The Bertz CT molecular complexity index is 2360. The third kappa shape index (κ3) is 4.64. The predicted octanol–water partition coefficient (Wildman–Crippen LogP) is 13.1. The van der Waals surface area contributed by atoms with E-state index in [0.29, 0.717) is 5.92 Å². The maximum atomic E-state index is 6.42. The Morgan fingerprint density at radius 3 is 2.00 bits per heavy atom. The van der Waals surface area contributed by atoms with Crippen molar-refractivity contribution >= 4 is 60.5 Å². The molecular weight excluding hydrogens is 558 g/mol. The number of furan rings is 1. The Kier molecular flexibility index (Phi) is 6.59. The van der Waals surface area contributed by atoms with Gasteiger partial charge >= 0.3 is 0 Å². The minimum atomic E-state index is 0.664. The lowest BCUT2D eigenvalue weighted by molar-refractivity contribution is 0.443. The maximum Gasteiger partial charge on any atom is 0.137 e. The van der Waals surface area contributed by atoms with Crippen molar-refractivity contribution in [2.45, 2.75) is 38.0 Å². The second-order valence-electron chi connectivity index (χ2n) is 12.8. The quantitative estimate of drug-likeness (QED) is 0.197. The van der Waals surface area contributed by atoms with Crippen LogP contribution in [-0.2, 0) is 0 Å². The van der Waals surface area contributed by atoms with Gasteiger partial charge < -0.3 is 9.32 Å². The number of nitrogens with zero attached hydrogens (tertiary/aromatic N) is 1. The summed E-state index contributed by atoms with van der Waals surface area (Å²) < 4.78 is 6.42. The molecule has 0 unspecified atom stereocenters. The molecule has 0 amide bonds. The van der Waals surface area contributed by atoms with Gasteiger partial charge in [0.2, 0.25) is 0 Å². The van der Waals surface area contributed by atoms with Gasteiger partial charge in [-0.25, -0.2) is 0 Å². The molecule has 46 heavy (non-hydrogen) atoms. The van der Waals surface area contributed by atoms with E-state index in [-0.39, 0.29) is 0 Å². The van der Waals surface area contributed by atoms with E-state index in [9.17, 15) is 0 Å². The molecule has 0 radical (unpaired) electrons. The van der Waals surface area contributed by atoms with Crippen LogP contribution in [0.5, 0.6) is 0 Å². The smallest absolute Gasteiger partial charge is 0.137 e. The summed E-state index contributed by atoms with van der Waals surface area (Å²) >= 11 is 0. The molecule has 2 nitrogen and oxygen atoms in total. The van der Waals surface area contributed by atoms with Crippen LogP contribution in [0.15, 0.2) is 150 Å². The molecule has 1 fully saturated rings. The van der Waals surface area contributed by atoms with Gasteiger partial charge in [0.25, 0.3) is 0 Å². The molecule has 0 spiro atoms. The van der Waals surface area contributed by atoms with Crippen LogP contribution in [0, 0.1) is 0 Å². The fraction of sp³-hybridized carbons (Fsp3) is 0.136. The van der Waals surface area contributed by atoms with Crippen molar-refractivity contribution in [3.05, 3.63) is 151 Å². The van der Waals surface area contributed by atoms with Crippen LogP contribution >= 0.6 is 0 Å². The van der Waals surface area contributed by atoms with Crippen LogP contribution in [0.4, 0.5) is 17.1 Å². The summed E-state index contributed by atoms with van der Waals surface area (Å²) in [6.45, 7) is 0. The van der Waals surface area contributed by atoms with Gasteiger partial charge in [0, 0.05) is 33.8 Å². The molecule has 0 bridgehead atoms. The van der Waals surface area contributed by atoms with Crippen molar-refractivity contribution in [1.29, 1.82) is 0 Å². The van der Waals surface area contributed by atoms with E-state index in [1.807, 2.05) is 6.07 Å². The van der Waals surface area contributed by atoms with Crippen molar-refractivity contribution in [3.63, 3.8) is 0 Å². The minimum Gasteiger partial charge on any atom is -0.456 e. The molecule has 7 aromatic carbocycles. The summed E-state index contributed by atoms with van der Waals surface area (Å²) in [5.41, 5.74) is 9.08. The molecule has 1 saturated carbocycles. The summed E-state index contributed by atoms with van der Waals surface area (Å²) in [5.74, 6) is 0.664. The second-order valence-corrected chi connectivity index (χ2v) is 12.8. The molecule has 0 N–H and O–H groups in total. The average Bonchev–Trinajstić information content (AvgIpc) is 3.50. The molecule has 0 atom stereocenters. The standard InChI is InChI=1S/C44H35NO/c1-2-10-30(11-3-1)32-20-23-36(24-21-32)45(37-25-26-40-39-16-8-9-17-42(39)46-43(40)29-37)41-27-22-33-13-6-7-15-38(33)44(41)35-19-18-31-12-4-5-14-34(31)28-35/h4-9,12-30H,1-3,10-11H2. The van der Waals surface area contributed by atoms with E-state index in [2.05, 4.69) is 144 Å². The van der Waals surface area contributed by atoms with Gasteiger partial charge in [-0.05, 0) is 93.9 Å². The van der Waals surface area contributed by atoms with Crippen molar-refractivity contribution < 1.29 is 4.42 Å². The maximum absolute atomic E-state index is 6.42. The van der Waals surface area contributed by atoms with Crippen LogP contribution in [0.1, 0.15) is 43.6 Å². The zero-order chi connectivity index (χ0) is 30.5. The molecule has 0 aliphatic heterocycles. The van der Waals surface area contributed by atoms with Crippen LogP contribution in [0.25, 0.3) is 54.6 Å². The highest BCUT2D eigenvalue weighted by molar-refractivity contribution is 6.09. The largest absolute Gasteiger partial charge is 0.456 e. The molecule has 222 valence electrons. The van der Waals surface area contributed by atoms with E-state index < -0.39 is 0 Å². The summed E-state index contributed by atoms with van der Waals surface area (Å²) in [4.78, 5) is 2.42. The number of hydrogen-bond donors (Lipinski definition) is 0. The van der Waals surface area contributed by atoms with Crippen LogP contribution < -0.4 is 4.90 Å². The van der Waals surface area contributed by atoms with Gasteiger partial charge in [-0.1, -0.05) is 116 Å². The van der Waals surface area contributed by atoms with Crippen molar-refractivity contribution in [3.8, 4) is 11.1 Å². The molecular formula is C44H35NO. The Morgan fingerprint density at radius 1 is 0.478 bits per heavy atom. The van der Waals surface area contributed by atoms with Gasteiger partial charge in [-0.2, -0.15) is 0 Å². The zero-order valence-corrected chi connectivity index (χ0v) is 25.8. The normalized spacial score (nSPS) is 14.0. The lowest BCUT2D eigenvalue weighted by Gasteiger charge is -2.29. The predicted molar refractivity (Wildman–Crippen MR) is 195 cm³/mol. The first kappa shape index (κ1) is 27.0. The number of benzene rings is 7. The number of para-hydroxylation sites is 1. The van der Waals surface area contributed by atoms with E-state index in [4.69, 9.17) is 4.42 Å². The SMILES string of the molecule is c1ccc2cc(-c3c(N(c4ccc(C5CCCCC5)cc4)c4ccc5c(c4)oc4ccccc45)ccc4ccccc34)ccc2c1. The molecule has 9 rings (SSSR count). The Balaban J connectivity index is 1.28. The van der Waals surface area contributed by atoms with Crippen LogP contribution in [0.3, 0.4) is 0 Å². The first-order chi connectivity index (χ1) is 22.8. The number of fused-ring (bicyclic) bond motifs is 5. The molecule has 8 aromatic rings. The highest BCUT2D eigenvalue weighted by atomic mass is 16.3.